The molecule has 1 amide bonds. The molecule has 1 N–H and O–H groups in total. The number of hydrogen-bond donors (Lipinski definition) is 1. The molecule has 1 fully saturated rings. The van der Waals surface area contributed by atoms with Crippen molar-refractivity contribution in [1.82, 2.24) is 15.5 Å². The van der Waals surface area contributed by atoms with Gasteiger partial charge in [0, 0.05) is 28.0 Å². The summed E-state index contributed by atoms with van der Waals surface area (Å²) in [7, 11) is 0. The largest absolute Gasteiger partial charge is 0.353 e. The van der Waals surface area contributed by atoms with E-state index in [0.717, 1.165) is 22.0 Å². The molecular formula is C17H20IN3O2. The molecule has 0 unspecified atom stereocenters. The molecule has 5 nitrogen and oxygen atoms in total. The molecule has 122 valence electrons. The molecule has 0 bridgehead atoms. The topological polar surface area (TPSA) is 68.0 Å². The van der Waals surface area contributed by atoms with Crippen LogP contribution < -0.4 is 5.32 Å². The molecule has 1 aromatic carbocycles. The Balaban J connectivity index is 1.50. The minimum atomic E-state index is 0.0749. The highest BCUT2D eigenvalue weighted by molar-refractivity contribution is 14.1. The average molecular weight is 425 g/mol. The van der Waals surface area contributed by atoms with Gasteiger partial charge in [-0.15, -0.1) is 0 Å². The van der Waals surface area contributed by atoms with Crippen LogP contribution in [-0.2, 0) is 11.2 Å². The fourth-order valence-electron chi connectivity index (χ4n) is 2.84. The van der Waals surface area contributed by atoms with Gasteiger partial charge in [0.15, 0.2) is 0 Å². The van der Waals surface area contributed by atoms with Crippen molar-refractivity contribution in [3.8, 4) is 11.4 Å². The predicted octanol–water partition coefficient (Wildman–Crippen LogP) is 3.72. The van der Waals surface area contributed by atoms with Gasteiger partial charge in [-0.2, -0.15) is 4.98 Å². The van der Waals surface area contributed by atoms with E-state index in [2.05, 4.69) is 38.0 Å². The van der Waals surface area contributed by atoms with Crippen molar-refractivity contribution < 1.29 is 9.32 Å². The number of nitrogens with zero attached hydrogens (tertiary/aromatic N) is 2. The zero-order valence-electron chi connectivity index (χ0n) is 12.9. The first-order chi connectivity index (χ1) is 11.2. The van der Waals surface area contributed by atoms with Gasteiger partial charge in [-0.05, 0) is 47.6 Å². The highest BCUT2D eigenvalue weighted by Gasteiger charge is 2.16. The lowest BCUT2D eigenvalue weighted by molar-refractivity contribution is -0.122. The maximum atomic E-state index is 12.0. The third-order valence-corrected chi connectivity index (χ3v) is 4.83. The second kappa shape index (κ2) is 7.90. The number of halogens is 1. The number of carbonyl (C=O) groups is 1. The van der Waals surface area contributed by atoms with Crippen molar-refractivity contribution >= 4 is 28.5 Å². The maximum absolute atomic E-state index is 12.0. The van der Waals surface area contributed by atoms with Crippen molar-refractivity contribution in [3.05, 3.63) is 33.7 Å². The van der Waals surface area contributed by atoms with E-state index < -0.39 is 0 Å². The van der Waals surface area contributed by atoms with Crippen LogP contribution >= 0.6 is 22.6 Å². The molecule has 0 aliphatic heterocycles. The van der Waals surface area contributed by atoms with Crippen LogP contribution in [0.2, 0.25) is 0 Å². The monoisotopic (exact) mass is 425 g/mol. The summed E-state index contributed by atoms with van der Waals surface area (Å²) in [6, 6.07) is 8.28. The second-order valence-corrected chi connectivity index (χ2v) is 7.17. The molecule has 6 heteroatoms. The first-order valence-electron chi connectivity index (χ1n) is 8.08. The van der Waals surface area contributed by atoms with Crippen LogP contribution in [-0.4, -0.2) is 22.1 Å². The molecule has 0 spiro atoms. The van der Waals surface area contributed by atoms with Crippen LogP contribution in [0.1, 0.15) is 44.4 Å². The zero-order chi connectivity index (χ0) is 16.1. The Bertz CT molecular complexity index is 648. The molecule has 1 aliphatic carbocycles. The summed E-state index contributed by atoms with van der Waals surface area (Å²) >= 11 is 2.26. The number of aryl methyl sites for hydroxylation is 1. The van der Waals surface area contributed by atoms with E-state index in [0.29, 0.717) is 30.6 Å². The first-order valence-corrected chi connectivity index (χ1v) is 9.16. The number of benzene rings is 1. The van der Waals surface area contributed by atoms with Crippen molar-refractivity contribution in [2.24, 2.45) is 0 Å². The van der Waals surface area contributed by atoms with Gasteiger partial charge >= 0.3 is 0 Å². The summed E-state index contributed by atoms with van der Waals surface area (Å²) in [4.78, 5) is 16.4. The quantitative estimate of drug-likeness (QED) is 0.742. The first kappa shape index (κ1) is 16.4. The van der Waals surface area contributed by atoms with Crippen LogP contribution in [0.5, 0.6) is 0 Å². The van der Waals surface area contributed by atoms with Gasteiger partial charge in [-0.1, -0.05) is 36.6 Å². The third kappa shape index (κ3) is 4.76. The van der Waals surface area contributed by atoms with Gasteiger partial charge in [-0.25, -0.2) is 0 Å². The molecule has 3 rings (SSSR count). The molecule has 23 heavy (non-hydrogen) atoms. The van der Waals surface area contributed by atoms with E-state index in [-0.39, 0.29) is 5.91 Å². The van der Waals surface area contributed by atoms with Crippen LogP contribution in [0.15, 0.2) is 28.8 Å². The van der Waals surface area contributed by atoms with E-state index in [1.165, 1.54) is 19.3 Å². The molecule has 1 aliphatic rings. The highest BCUT2D eigenvalue weighted by Crippen LogP contribution is 2.19. The summed E-state index contributed by atoms with van der Waals surface area (Å²) < 4.78 is 6.41. The summed E-state index contributed by atoms with van der Waals surface area (Å²) in [5.41, 5.74) is 0.923. The van der Waals surface area contributed by atoms with Gasteiger partial charge in [0.25, 0.3) is 0 Å². The van der Waals surface area contributed by atoms with Crippen LogP contribution in [0.25, 0.3) is 11.4 Å². The lowest BCUT2D eigenvalue weighted by Crippen LogP contribution is -2.36. The molecule has 1 saturated carbocycles. The number of carbonyl (C=O) groups excluding carboxylic acids is 1. The van der Waals surface area contributed by atoms with E-state index in [1.807, 2.05) is 24.3 Å². The summed E-state index contributed by atoms with van der Waals surface area (Å²) in [6.45, 7) is 0. The maximum Gasteiger partial charge on any atom is 0.227 e. The fourth-order valence-corrected chi connectivity index (χ4v) is 3.20. The third-order valence-electron chi connectivity index (χ3n) is 4.11. The number of rotatable bonds is 5. The van der Waals surface area contributed by atoms with Crippen LogP contribution in [0.4, 0.5) is 0 Å². The van der Waals surface area contributed by atoms with Crippen molar-refractivity contribution in [1.29, 1.82) is 0 Å². The van der Waals surface area contributed by atoms with Crippen molar-refractivity contribution in [3.63, 3.8) is 0 Å². The second-order valence-electron chi connectivity index (χ2n) is 5.92. The van der Waals surface area contributed by atoms with Gasteiger partial charge in [0.2, 0.25) is 17.6 Å². The van der Waals surface area contributed by atoms with E-state index >= 15 is 0 Å². The SMILES string of the molecule is O=C(CCc1nc(-c2ccc(I)cc2)no1)NC1CCCCC1. The minimum Gasteiger partial charge on any atom is -0.353 e. The Morgan fingerprint density at radius 3 is 2.70 bits per heavy atom. The molecule has 2 aromatic rings. The van der Waals surface area contributed by atoms with Crippen LogP contribution in [0.3, 0.4) is 0 Å². The normalized spacial score (nSPS) is 15.5. The molecule has 1 heterocycles. The van der Waals surface area contributed by atoms with E-state index in [1.54, 1.807) is 0 Å². The van der Waals surface area contributed by atoms with E-state index in [4.69, 9.17) is 4.52 Å². The lowest BCUT2D eigenvalue weighted by Gasteiger charge is -2.22. The van der Waals surface area contributed by atoms with Gasteiger partial charge in [0.05, 0.1) is 0 Å². The number of nitrogens with one attached hydrogen (secondary N) is 1. The predicted molar refractivity (Wildman–Crippen MR) is 95.8 cm³/mol. The fraction of sp³-hybridized carbons (Fsp3) is 0.471. The molecule has 0 radical (unpaired) electrons. The van der Waals surface area contributed by atoms with Gasteiger partial charge in [-0.3, -0.25) is 4.79 Å². The average Bonchev–Trinajstić information content (AvgIpc) is 3.04. The Morgan fingerprint density at radius 2 is 1.96 bits per heavy atom. The summed E-state index contributed by atoms with van der Waals surface area (Å²) in [5.74, 6) is 1.16. The van der Waals surface area contributed by atoms with Gasteiger partial charge < -0.3 is 9.84 Å². The number of hydrogen-bond acceptors (Lipinski definition) is 4. The smallest absolute Gasteiger partial charge is 0.227 e. The van der Waals surface area contributed by atoms with Crippen LogP contribution in [0, 0.1) is 3.57 Å². The number of amides is 1. The Kier molecular flexibility index (Phi) is 5.64. The summed E-state index contributed by atoms with van der Waals surface area (Å²) in [5, 5.41) is 7.09. The van der Waals surface area contributed by atoms with Crippen molar-refractivity contribution in [2.45, 2.75) is 51.0 Å². The highest BCUT2D eigenvalue weighted by atomic mass is 127. The lowest BCUT2D eigenvalue weighted by atomic mass is 9.95. The summed E-state index contributed by atoms with van der Waals surface area (Å²) in [6.07, 6.45) is 6.80. The Morgan fingerprint density at radius 1 is 1.22 bits per heavy atom. The molecule has 0 saturated heterocycles. The number of aromatic nitrogens is 2. The van der Waals surface area contributed by atoms with E-state index in [9.17, 15) is 4.79 Å². The Hall–Kier alpha value is -1.44. The standard InChI is InChI=1S/C17H20IN3O2/c18-13-8-6-12(7-9-13)17-20-16(23-21-17)11-10-15(22)19-14-4-2-1-3-5-14/h6-9,14H,1-5,10-11H2,(H,19,22). The Labute approximate surface area is 149 Å². The molecule has 1 aromatic heterocycles. The zero-order valence-corrected chi connectivity index (χ0v) is 15.1. The molecular weight excluding hydrogens is 405 g/mol. The van der Waals surface area contributed by atoms with Gasteiger partial charge in [0.1, 0.15) is 0 Å². The van der Waals surface area contributed by atoms with Crippen molar-refractivity contribution in [2.75, 3.05) is 0 Å². The minimum absolute atomic E-state index is 0.0749. The molecule has 0 atom stereocenters.